The van der Waals surface area contributed by atoms with E-state index in [0.717, 1.165) is 6.07 Å². The summed E-state index contributed by atoms with van der Waals surface area (Å²) in [7, 11) is 0. The Kier molecular flexibility index (Phi) is 2.07. The van der Waals surface area contributed by atoms with Gasteiger partial charge < -0.3 is 5.11 Å². The van der Waals surface area contributed by atoms with E-state index in [4.69, 9.17) is 5.11 Å². The zero-order chi connectivity index (χ0) is 11.1. The molecule has 0 unspecified atom stereocenters. The highest BCUT2D eigenvalue weighted by Gasteiger charge is 2.56. The maximum absolute atomic E-state index is 12.8. The first-order valence-electron chi connectivity index (χ1n) is 4.60. The molecule has 78 valence electrons. The number of carboxylic acid groups (broad SMARTS) is 1. The molecule has 0 amide bonds. The standard InChI is InChI=1S/C11H9FO3/c12-8-3-1-2-7(6-8)9(13)11(4-5-11)10(14)15/h1-3,6H,4-5H2,(H,14,15). The first-order valence-corrected chi connectivity index (χ1v) is 4.60. The highest BCUT2D eigenvalue weighted by Crippen LogP contribution is 2.48. The first-order chi connectivity index (χ1) is 7.06. The van der Waals surface area contributed by atoms with Gasteiger partial charge in [-0.3, -0.25) is 9.59 Å². The molecule has 0 bridgehead atoms. The molecule has 0 atom stereocenters. The summed E-state index contributed by atoms with van der Waals surface area (Å²) in [6.07, 6.45) is 0.690. The van der Waals surface area contributed by atoms with Crippen LogP contribution in [-0.4, -0.2) is 16.9 Å². The van der Waals surface area contributed by atoms with Gasteiger partial charge in [0.05, 0.1) is 0 Å². The van der Waals surface area contributed by atoms with Gasteiger partial charge in [0.1, 0.15) is 11.2 Å². The Morgan fingerprint density at radius 2 is 2.00 bits per heavy atom. The average molecular weight is 208 g/mol. The topological polar surface area (TPSA) is 54.4 Å². The lowest BCUT2D eigenvalue weighted by Gasteiger charge is -2.07. The predicted molar refractivity (Wildman–Crippen MR) is 50.0 cm³/mol. The van der Waals surface area contributed by atoms with Crippen LogP contribution in [0.5, 0.6) is 0 Å². The van der Waals surface area contributed by atoms with Crippen LogP contribution in [0.15, 0.2) is 24.3 Å². The van der Waals surface area contributed by atoms with E-state index in [1.165, 1.54) is 18.2 Å². The van der Waals surface area contributed by atoms with Crippen molar-refractivity contribution >= 4 is 11.8 Å². The Balaban J connectivity index is 2.33. The van der Waals surface area contributed by atoms with Gasteiger partial charge in [0.25, 0.3) is 0 Å². The van der Waals surface area contributed by atoms with Crippen LogP contribution in [-0.2, 0) is 4.79 Å². The molecule has 0 aliphatic heterocycles. The second-order valence-corrected chi connectivity index (χ2v) is 3.73. The number of Topliss-reactive ketones (excluding diaryl/α,β-unsaturated/α-hetero) is 1. The maximum Gasteiger partial charge on any atom is 0.317 e. The Morgan fingerprint density at radius 1 is 1.33 bits per heavy atom. The van der Waals surface area contributed by atoms with Crippen molar-refractivity contribution in [3.8, 4) is 0 Å². The van der Waals surface area contributed by atoms with Crippen molar-refractivity contribution in [2.24, 2.45) is 5.41 Å². The van der Waals surface area contributed by atoms with Crippen molar-refractivity contribution in [1.29, 1.82) is 0 Å². The van der Waals surface area contributed by atoms with E-state index in [1.807, 2.05) is 0 Å². The van der Waals surface area contributed by atoms with Crippen LogP contribution in [0.3, 0.4) is 0 Å². The van der Waals surface area contributed by atoms with Crippen LogP contribution in [0, 0.1) is 11.2 Å². The summed E-state index contributed by atoms with van der Waals surface area (Å²) in [5.41, 5.74) is -1.15. The summed E-state index contributed by atoms with van der Waals surface area (Å²) >= 11 is 0. The molecule has 0 aromatic heterocycles. The Bertz CT molecular complexity index is 435. The van der Waals surface area contributed by atoms with Crippen LogP contribution in [0.1, 0.15) is 23.2 Å². The number of ketones is 1. The molecule has 1 aliphatic rings. The van der Waals surface area contributed by atoms with Gasteiger partial charge in [-0.05, 0) is 25.0 Å². The molecule has 1 aliphatic carbocycles. The molecule has 2 rings (SSSR count). The van der Waals surface area contributed by atoms with Gasteiger partial charge in [-0.2, -0.15) is 0 Å². The van der Waals surface area contributed by atoms with Crippen LogP contribution in [0.4, 0.5) is 4.39 Å². The monoisotopic (exact) mass is 208 g/mol. The van der Waals surface area contributed by atoms with E-state index in [9.17, 15) is 14.0 Å². The van der Waals surface area contributed by atoms with Gasteiger partial charge in [0, 0.05) is 5.56 Å². The SMILES string of the molecule is O=C(O)C1(C(=O)c2cccc(F)c2)CC1. The molecule has 15 heavy (non-hydrogen) atoms. The summed E-state index contributed by atoms with van der Waals surface area (Å²) in [5, 5.41) is 8.89. The normalized spacial score (nSPS) is 17.1. The molecule has 0 saturated heterocycles. The average Bonchev–Trinajstić information content (AvgIpc) is 2.97. The second-order valence-electron chi connectivity index (χ2n) is 3.73. The number of hydrogen-bond donors (Lipinski definition) is 1. The molecule has 1 N–H and O–H groups in total. The molecule has 1 aromatic rings. The number of rotatable bonds is 3. The third kappa shape index (κ3) is 1.52. The fraction of sp³-hybridized carbons (Fsp3) is 0.273. The molecule has 1 saturated carbocycles. The summed E-state index contributed by atoms with van der Waals surface area (Å²) in [6, 6.07) is 5.14. The minimum absolute atomic E-state index is 0.134. The molecular weight excluding hydrogens is 199 g/mol. The molecule has 0 heterocycles. The number of benzene rings is 1. The van der Waals surface area contributed by atoms with Crippen molar-refractivity contribution in [2.45, 2.75) is 12.8 Å². The minimum atomic E-state index is -1.28. The number of aliphatic carboxylic acids is 1. The molecule has 1 aromatic carbocycles. The quantitative estimate of drug-likeness (QED) is 0.609. The van der Waals surface area contributed by atoms with Crippen molar-refractivity contribution in [3.05, 3.63) is 35.6 Å². The van der Waals surface area contributed by atoms with Crippen molar-refractivity contribution in [1.82, 2.24) is 0 Å². The largest absolute Gasteiger partial charge is 0.480 e. The second kappa shape index (κ2) is 3.15. The van der Waals surface area contributed by atoms with E-state index in [1.54, 1.807) is 0 Å². The highest BCUT2D eigenvalue weighted by molar-refractivity contribution is 6.14. The molecule has 4 heteroatoms. The molecule has 0 spiro atoms. The van der Waals surface area contributed by atoms with Crippen molar-refractivity contribution in [3.63, 3.8) is 0 Å². The maximum atomic E-state index is 12.8. The Hall–Kier alpha value is -1.71. The number of halogens is 1. The minimum Gasteiger partial charge on any atom is -0.480 e. The van der Waals surface area contributed by atoms with Crippen LogP contribution in [0.2, 0.25) is 0 Å². The summed E-state index contributed by atoms with van der Waals surface area (Å²) in [5.74, 6) is -2.13. The number of carboxylic acids is 1. The fourth-order valence-electron chi connectivity index (χ4n) is 1.57. The molecule has 1 fully saturated rings. The van der Waals surface area contributed by atoms with Gasteiger partial charge in [0.2, 0.25) is 0 Å². The first kappa shape index (κ1) is 9.83. The molecular formula is C11H9FO3. The van der Waals surface area contributed by atoms with Crippen molar-refractivity contribution in [2.75, 3.05) is 0 Å². The van der Waals surface area contributed by atoms with Crippen molar-refractivity contribution < 1.29 is 19.1 Å². The van der Waals surface area contributed by atoms with E-state index >= 15 is 0 Å². The van der Waals surface area contributed by atoms with E-state index in [-0.39, 0.29) is 5.56 Å². The van der Waals surface area contributed by atoms with Crippen LogP contribution >= 0.6 is 0 Å². The highest BCUT2D eigenvalue weighted by atomic mass is 19.1. The molecule has 3 nitrogen and oxygen atoms in total. The number of hydrogen-bond acceptors (Lipinski definition) is 2. The van der Waals surface area contributed by atoms with Gasteiger partial charge >= 0.3 is 5.97 Å². The van der Waals surface area contributed by atoms with E-state index in [0.29, 0.717) is 12.8 Å². The lowest BCUT2D eigenvalue weighted by atomic mass is 9.95. The van der Waals surface area contributed by atoms with Crippen LogP contribution < -0.4 is 0 Å². The summed E-state index contributed by atoms with van der Waals surface area (Å²) in [6.45, 7) is 0. The van der Waals surface area contributed by atoms with Gasteiger partial charge in [-0.25, -0.2) is 4.39 Å². The fourth-order valence-corrected chi connectivity index (χ4v) is 1.57. The zero-order valence-corrected chi connectivity index (χ0v) is 7.87. The number of carbonyl (C=O) groups excluding carboxylic acids is 1. The third-order valence-corrected chi connectivity index (χ3v) is 2.68. The van der Waals surface area contributed by atoms with Gasteiger partial charge in [-0.15, -0.1) is 0 Å². The van der Waals surface area contributed by atoms with E-state index < -0.39 is 23.0 Å². The van der Waals surface area contributed by atoms with Crippen LogP contribution in [0.25, 0.3) is 0 Å². The van der Waals surface area contributed by atoms with Gasteiger partial charge in [-0.1, -0.05) is 12.1 Å². The lowest BCUT2D eigenvalue weighted by molar-refractivity contribution is -0.141. The summed E-state index contributed by atoms with van der Waals surface area (Å²) in [4.78, 5) is 22.6. The van der Waals surface area contributed by atoms with E-state index in [2.05, 4.69) is 0 Å². The smallest absolute Gasteiger partial charge is 0.317 e. The van der Waals surface area contributed by atoms with Gasteiger partial charge in [0.15, 0.2) is 5.78 Å². The molecule has 0 radical (unpaired) electrons. The summed E-state index contributed by atoms with van der Waals surface area (Å²) < 4.78 is 12.8. The zero-order valence-electron chi connectivity index (χ0n) is 7.87. The predicted octanol–water partition coefficient (Wildman–Crippen LogP) is 1.87. The lowest BCUT2D eigenvalue weighted by Crippen LogP contribution is -2.25. The third-order valence-electron chi connectivity index (χ3n) is 2.68. The number of carbonyl (C=O) groups is 2. The Morgan fingerprint density at radius 3 is 2.47 bits per heavy atom. The Labute approximate surface area is 85.5 Å².